The van der Waals surface area contributed by atoms with Crippen molar-refractivity contribution in [1.29, 1.82) is 0 Å². The maximum absolute atomic E-state index is 12.9. The standard InChI is InChI=1S/C30H29Cl2N5O4/c1-18-35-29-24(36(18)3)6-5-7-25(29)41-17-21-22(31)13-14-23(28(21)32)37(4)27(39)16-34-26(38)15-10-19-8-11-20(12-9-19)30(40)33-2/h5-15H,16-17H2,1-4H3,(H,33,40)(H,34,38). The van der Waals surface area contributed by atoms with E-state index in [-0.39, 0.29) is 30.0 Å². The van der Waals surface area contributed by atoms with Gasteiger partial charge in [-0.3, -0.25) is 14.4 Å². The Labute approximate surface area is 247 Å². The first kappa shape index (κ1) is 29.6. The number of hydrogen-bond donors (Lipinski definition) is 2. The lowest BCUT2D eigenvalue weighted by atomic mass is 10.1. The van der Waals surface area contributed by atoms with Crippen LogP contribution >= 0.6 is 23.2 Å². The Balaban J connectivity index is 1.39. The lowest BCUT2D eigenvalue weighted by Gasteiger charge is -2.21. The molecule has 2 N–H and O–H groups in total. The molecular formula is C30H29Cl2N5O4. The van der Waals surface area contributed by atoms with Crippen LogP contribution in [0.1, 0.15) is 27.3 Å². The number of imidazole rings is 1. The van der Waals surface area contributed by atoms with Gasteiger partial charge in [-0.1, -0.05) is 41.4 Å². The molecule has 3 amide bonds. The zero-order valence-electron chi connectivity index (χ0n) is 23.0. The SMILES string of the molecule is CNC(=O)c1ccc(C=CC(=O)NCC(=O)N(C)c2ccc(Cl)c(COc3cccc4c3nc(C)n4C)c2Cl)cc1. The zero-order valence-corrected chi connectivity index (χ0v) is 24.5. The van der Waals surface area contributed by atoms with Gasteiger partial charge in [-0.25, -0.2) is 4.98 Å². The van der Waals surface area contributed by atoms with Crippen molar-refractivity contribution < 1.29 is 19.1 Å². The van der Waals surface area contributed by atoms with E-state index in [1.165, 1.54) is 11.0 Å². The van der Waals surface area contributed by atoms with Crippen LogP contribution in [0.4, 0.5) is 5.69 Å². The maximum Gasteiger partial charge on any atom is 0.251 e. The zero-order chi connectivity index (χ0) is 29.7. The Bertz CT molecular complexity index is 1650. The third-order valence-corrected chi connectivity index (χ3v) is 7.39. The number of ether oxygens (including phenoxy) is 1. The van der Waals surface area contributed by atoms with Gasteiger partial charge >= 0.3 is 0 Å². The summed E-state index contributed by atoms with van der Waals surface area (Å²) in [7, 11) is 5.06. The highest BCUT2D eigenvalue weighted by Crippen LogP contribution is 2.35. The van der Waals surface area contributed by atoms with Gasteiger partial charge < -0.3 is 24.8 Å². The molecule has 0 unspecified atom stereocenters. The summed E-state index contributed by atoms with van der Waals surface area (Å²) in [5.41, 5.74) is 3.85. The van der Waals surface area contributed by atoms with Crippen LogP contribution in [0.5, 0.6) is 5.75 Å². The van der Waals surface area contributed by atoms with Crippen molar-refractivity contribution in [2.75, 3.05) is 25.5 Å². The number of aryl methyl sites for hydroxylation is 2. The highest BCUT2D eigenvalue weighted by Gasteiger charge is 2.19. The quantitative estimate of drug-likeness (QED) is 0.268. The molecule has 4 aromatic rings. The Morgan fingerprint density at radius 2 is 1.80 bits per heavy atom. The molecule has 0 fully saturated rings. The number of halogens is 2. The highest BCUT2D eigenvalue weighted by molar-refractivity contribution is 6.38. The predicted octanol–water partition coefficient (Wildman–Crippen LogP) is 4.92. The summed E-state index contributed by atoms with van der Waals surface area (Å²) in [5, 5.41) is 5.78. The van der Waals surface area contributed by atoms with E-state index in [9.17, 15) is 14.4 Å². The number of nitrogens with zero attached hydrogens (tertiary/aromatic N) is 3. The number of carbonyl (C=O) groups is 3. The monoisotopic (exact) mass is 593 g/mol. The Kier molecular flexibility index (Phi) is 9.31. The van der Waals surface area contributed by atoms with Crippen LogP contribution in [0.25, 0.3) is 17.1 Å². The van der Waals surface area contributed by atoms with Crippen LogP contribution < -0.4 is 20.3 Å². The van der Waals surface area contributed by atoms with Crippen LogP contribution in [0.15, 0.2) is 60.7 Å². The van der Waals surface area contributed by atoms with E-state index < -0.39 is 5.91 Å². The highest BCUT2D eigenvalue weighted by atomic mass is 35.5. The second-order valence-electron chi connectivity index (χ2n) is 9.19. The lowest BCUT2D eigenvalue weighted by molar-refractivity contribution is -0.122. The number of rotatable bonds is 9. The Hall–Kier alpha value is -4.34. The lowest BCUT2D eigenvalue weighted by Crippen LogP contribution is -2.37. The number of fused-ring (bicyclic) bond motifs is 1. The number of hydrogen-bond acceptors (Lipinski definition) is 5. The number of nitrogens with one attached hydrogen (secondary N) is 2. The fourth-order valence-corrected chi connectivity index (χ4v) is 4.69. The molecule has 0 aliphatic heterocycles. The third-order valence-electron chi connectivity index (χ3n) is 6.61. The Morgan fingerprint density at radius 1 is 1.07 bits per heavy atom. The van der Waals surface area contributed by atoms with E-state index in [1.54, 1.807) is 56.6 Å². The summed E-state index contributed by atoms with van der Waals surface area (Å²) in [6.07, 6.45) is 2.91. The van der Waals surface area contributed by atoms with Gasteiger partial charge in [0.05, 0.1) is 22.8 Å². The molecule has 3 aromatic carbocycles. The van der Waals surface area contributed by atoms with Gasteiger partial charge in [0.1, 0.15) is 23.7 Å². The first-order valence-corrected chi connectivity index (χ1v) is 13.4. The van der Waals surface area contributed by atoms with Crippen molar-refractivity contribution in [3.8, 4) is 5.75 Å². The fourth-order valence-electron chi connectivity index (χ4n) is 4.08. The summed E-state index contributed by atoms with van der Waals surface area (Å²) in [5.74, 6) is 0.419. The van der Waals surface area contributed by atoms with Crippen LogP contribution in [-0.2, 0) is 23.2 Å². The van der Waals surface area contributed by atoms with Crippen LogP contribution in [0.3, 0.4) is 0 Å². The van der Waals surface area contributed by atoms with Crippen molar-refractivity contribution in [1.82, 2.24) is 20.2 Å². The van der Waals surface area contributed by atoms with Gasteiger partial charge in [0.2, 0.25) is 11.8 Å². The van der Waals surface area contributed by atoms with Gasteiger partial charge in [-0.05, 0) is 55.0 Å². The second-order valence-corrected chi connectivity index (χ2v) is 9.98. The van der Waals surface area contributed by atoms with Crippen LogP contribution in [-0.4, -0.2) is 47.9 Å². The molecule has 0 saturated carbocycles. The van der Waals surface area contributed by atoms with Crippen molar-refractivity contribution in [3.63, 3.8) is 0 Å². The van der Waals surface area contributed by atoms with Gasteiger partial charge in [-0.15, -0.1) is 0 Å². The fraction of sp³-hybridized carbons (Fsp3) is 0.200. The summed E-state index contributed by atoms with van der Waals surface area (Å²) >= 11 is 13.1. The molecule has 11 heteroatoms. The van der Waals surface area contributed by atoms with E-state index in [2.05, 4.69) is 15.6 Å². The van der Waals surface area contributed by atoms with Crippen molar-refractivity contribution in [2.24, 2.45) is 7.05 Å². The van der Waals surface area contributed by atoms with E-state index in [0.717, 1.165) is 22.4 Å². The number of carbonyl (C=O) groups excluding carboxylic acids is 3. The second kappa shape index (κ2) is 12.9. The minimum atomic E-state index is -0.447. The number of aromatic nitrogens is 2. The summed E-state index contributed by atoms with van der Waals surface area (Å²) in [4.78, 5) is 42.8. The molecule has 0 atom stereocenters. The molecule has 0 saturated heterocycles. The van der Waals surface area contributed by atoms with Crippen LogP contribution in [0.2, 0.25) is 10.0 Å². The molecule has 1 heterocycles. The molecule has 0 spiro atoms. The number of anilines is 1. The van der Waals surface area contributed by atoms with Gasteiger partial charge in [0.25, 0.3) is 5.91 Å². The average Bonchev–Trinajstić information content (AvgIpc) is 3.27. The molecule has 0 aliphatic rings. The first-order chi connectivity index (χ1) is 19.6. The molecule has 0 aliphatic carbocycles. The number of likely N-dealkylation sites (N-methyl/N-ethyl adjacent to an activating group) is 1. The van der Waals surface area contributed by atoms with E-state index in [1.807, 2.05) is 36.7 Å². The van der Waals surface area contributed by atoms with E-state index in [4.69, 9.17) is 27.9 Å². The molecule has 0 bridgehead atoms. The minimum absolute atomic E-state index is 0.0634. The van der Waals surface area contributed by atoms with E-state index in [0.29, 0.717) is 27.6 Å². The topological polar surface area (TPSA) is 106 Å². The number of para-hydroxylation sites is 1. The molecule has 0 radical (unpaired) electrons. The molecule has 4 rings (SSSR count). The minimum Gasteiger partial charge on any atom is -0.486 e. The summed E-state index contributed by atoms with van der Waals surface area (Å²) < 4.78 is 8.04. The maximum atomic E-state index is 12.9. The average molecular weight is 594 g/mol. The summed E-state index contributed by atoms with van der Waals surface area (Å²) in [6, 6.07) is 15.7. The predicted molar refractivity (Wildman–Crippen MR) is 162 cm³/mol. The number of benzene rings is 3. The van der Waals surface area contributed by atoms with Gasteiger partial charge in [0.15, 0.2) is 0 Å². The molecule has 1 aromatic heterocycles. The summed E-state index contributed by atoms with van der Waals surface area (Å²) in [6.45, 7) is 1.73. The van der Waals surface area contributed by atoms with Gasteiger partial charge in [0, 0.05) is 43.4 Å². The van der Waals surface area contributed by atoms with Crippen molar-refractivity contribution in [2.45, 2.75) is 13.5 Å². The third kappa shape index (κ3) is 6.70. The van der Waals surface area contributed by atoms with Gasteiger partial charge in [-0.2, -0.15) is 0 Å². The molecule has 41 heavy (non-hydrogen) atoms. The normalized spacial score (nSPS) is 11.1. The van der Waals surface area contributed by atoms with E-state index >= 15 is 0 Å². The smallest absolute Gasteiger partial charge is 0.251 e. The Morgan fingerprint density at radius 3 is 2.51 bits per heavy atom. The van der Waals surface area contributed by atoms with Crippen molar-refractivity contribution in [3.05, 3.63) is 93.2 Å². The molecular weight excluding hydrogens is 565 g/mol. The molecule has 9 nitrogen and oxygen atoms in total. The van der Waals surface area contributed by atoms with Crippen molar-refractivity contribution >= 4 is 63.7 Å². The van der Waals surface area contributed by atoms with Crippen LogP contribution in [0, 0.1) is 6.92 Å². The largest absolute Gasteiger partial charge is 0.486 e. The molecule has 212 valence electrons. The number of amides is 3. The first-order valence-electron chi connectivity index (χ1n) is 12.7.